The molecule has 0 amide bonds. The SMILES string of the molecule is CCCCC(CC)COP(=O)(O)OCC(CC)CCCC.CCCCCCCCC=CCCCCCCCCN. The van der Waals surface area contributed by atoms with Gasteiger partial charge in [-0.05, 0) is 63.3 Å². The van der Waals surface area contributed by atoms with E-state index in [1.165, 1.54) is 89.9 Å². The second-order valence-electron chi connectivity index (χ2n) is 11.6. The van der Waals surface area contributed by atoms with Crippen molar-refractivity contribution in [3.63, 3.8) is 0 Å². The molecule has 0 aromatic carbocycles. The Morgan fingerprint density at radius 2 is 0.975 bits per heavy atom. The van der Waals surface area contributed by atoms with Crippen LogP contribution in [0.1, 0.15) is 176 Å². The summed E-state index contributed by atoms with van der Waals surface area (Å²) < 4.78 is 22.2. The Kier molecular flexibility index (Phi) is 34.9. The largest absolute Gasteiger partial charge is 0.472 e. The summed E-state index contributed by atoms with van der Waals surface area (Å²) >= 11 is 0. The number of rotatable bonds is 29. The third-order valence-corrected chi connectivity index (χ3v) is 8.70. The molecule has 0 fully saturated rings. The van der Waals surface area contributed by atoms with Gasteiger partial charge in [0, 0.05) is 0 Å². The van der Waals surface area contributed by atoms with Gasteiger partial charge in [-0.25, -0.2) is 4.57 Å². The molecule has 5 nitrogen and oxygen atoms in total. The molecule has 242 valence electrons. The summed E-state index contributed by atoms with van der Waals surface area (Å²) in [5.74, 6) is 0.687. The number of phosphoric acid groups is 1. The quantitative estimate of drug-likeness (QED) is 0.0515. The molecule has 2 atom stereocenters. The van der Waals surface area contributed by atoms with Gasteiger partial charge in [0.25, 0.3) is 0 Å². The first kappa shape index (κ1) is 41.9. The first-order valence-corrected chi connectivity index (χ1v) is 18.9. The highest BCUT2D eigenvalue weighted by molar-refractivity contribution is 7.47. The van der Waals surface area contributed by atoms with E-state index in [1.54, 1.807) is 0 Å². The maximum Gasteiger partial charge on any atom is 0.472 e. The van der Waals surface area contributed by atoms with Crippen LogP contribution in [0.3, 0.4) is 0 Å². The molecule has 0 radical (unpaired) electrons. The van der Waals surface area contributed by atoms with E-state index in [1.807, 2.05) is 0 Å². The zero-order valence-electron chi connectivity index (χ0n) is 27.7. The van der Waals surface area contributed by atoms with E-state index >= 15 is 0 Å². The number of hydrogen-bond donors (Lipinski definition) is 2. The van der Waals surface area contributed by atoms with E-state index in [4.69, 9.17) is 14.8 Å². The van der Waals surface area contributed by atoms with Crippen molar-refractivity contribution in [2.24, 2.45) is 17.6 Å². The fourth-order valence-electron chi connectivity index (χ4n) is 4.62. The van der Waals surface area contributed by atoms with E-state index in [2.05, 4.69) is 46.8 Å². The van der Waals surface area contributed by atoms with Crippen LogP contribution in [0.15, 0.2) is 12.2 Å². The molecule has 2 unspecified atom stereocenters. The van der Waals surface area contributed by atoms with Gasteiger partial charge in [0.1, 0.15) is 0 Å². The second-order valence-corrected chi connectivity index (χ2v) is 13.1. The highest BCUT2D eigenvalue weighted by Gasteiger charge is 2.24. The van der Waals surface area contributed by atoms with Gasteiger partial charge >= 0.3 is 7.82 Å². The third kappa shape index (κ3) is 32.3. The molecule has 0 aromatic heterocycles. The summed E-state index contributed by atoms with van der Waals surface area (Å²) in [6.07, 6.45) is 32.4. The van der Waals surface area contributed by atoms with Gasteiger partial charge in [-0.3, -0.25) is 9.05 Å². The Hall–Kier alpha value is -0.190. The number of unbranched alkanes of at least 4 members (excludes halogenated alkanes) is 14. The van der Waals surface area contributed by atoms with Crippen molar-refractivity contribution in [3.05, 3.63) is 12.2 Å². The lowest BCUT2D eigenvalue weighted by Gasteiger charge is -2.20. The van der Waals surface area contributed by atoms with E-state index in [0.29, 0.717) is 25.0 Å². The number of nitrogens with two attached hydrogens (primary N) is 1. The van der Waals surface area contributed by atoms with E-state index < -0.39 is 7.82 Å². The molecule has 3 N–H and O–H groups in total. The van der Waals surface area contributed by atoms with Crippen LogP contribution in [-0.4, -0.2) is 24.7 Å². The summed E-state index contributed by atoms with van der Waals surface area (Å²) in [5.41, 5.74) is 5.47. The summed E-state index contributed by atoms with van der Waals surface area (Å²) in [5, 5.41) is 0. The van der Waals surface area contributed by atoms with Crippen molar-refractivity contribution in [2.45, 2.75) is 176 Å². The molecule has 0 bridgehead atoms. The molecule has 0 aliphatic heterocycles. The van der Waals surface area contributed by atoms with E-state index in [9.17, 15) is 9.46 Å². The van der Waals surface area contributed by atoms with Gasteiger partial charge in [-0.1, -0.05) is 143 Å². The molecule has 0 saturated carbocycles. The number of allylic oxidation sites excluding steroid dienone is 2. The van der Waals surface area contributed by atoms with Crippen LogP contribution in [-0.2, 0) is 13.6 Å². The fraction of sp³-hybridized carbons (Fsp3) is 0.941. The fourth-order valence-corrected chi connectivity index (χ4v) is 5.50. The average Bonchev–Trinajstić information content (AvgIpc) is 2.95. The first-order chi connectivity index (χ1) is 19.4. The van der Waals surface area contributed by atoms with E-state index in [0.717, 1.165) is 57.9 Å². The minimum absolute atomic E-state index is 0.316. The smallest absolute Gasteiger partial charge is 0.330 e. The standard InChI is InChI=1S/C18H37N.C16H35O4P/c1-2-3-4-5-6-7-8-9-10-11-12-13-14-15-16-17-18-19;1-5-9-11-15(7-3)13-19-21(17,18)20-14-16(8-4)12-10-6-2/h9-10H,2-8,11-19H2,1H3;15-16H,5-14H2,1-4H3,(H,17,18). The molecule has 6 heteroatoms. The molecular weight excluding hydrogens is 517 g/mol. The minimum atomic E-state index is -3.89. The monoisotopic (exact) mass is 590 g/mol. The third-order valence-electron chi connectivity index (χ3n) is 7.75. The lowest BCUT2D eigenvalue weighted by atomic mass is 10.0. The lowest BCUT2D eigenvalue weighted by Crippen LogP contribution is -2.12. The minimum Gasteiger partial charge on any atom is -0.330 e. The molecule has 0 saturated heterocycles. The van der Waals surface area contributed by atoms with Crippen LogP contribution in [0.2, 0.25) is 0 Å². The van der Waals surface area contributed by atoms with Crippen molar-refractivity contribution in [3.8, 4) is 0 Å². The van der Waals surface area contributed by atoms with Gasteiger partial charge in [0.15, 0.2) is 0 Å². The van der Waals surface area contributed by atoms with E-state index in [-0.39, 0.29) is 0 Å². The maximum atomic E-state index is 11.9. The first-order valence-electron chi connectivity index (χ1n) is 17.4. The van der Waals surface area contributed by atoms with Crippen LogP contribution in [0.4, 0.5) is 0 Å². The molecule has 0 aromatic rings. The van der Waals surface area contributed by atoms with Crippen LogP contribution in [0, 0.1) is 11.8 Å². The Morgan fingerprint density at radius 3 is 1.35 bits per heavy atom. The number of hydrogen-bond acceptors (Lipinski definition) is 4. The second kappa shape index (κ2) is 33.3. The molecular formula is C34H72NO4P. The zero-order chi connectivity index (χ0) is 30.2. The molecule has 0 heterocycles. The Morgan fingerprint density at radius 1 is 0.600 bits per heavy atom. The summed E-state index contributed by atoms with van der Waals surface area (Å²) in [7, 11) is -3.89. The van der Waals surface area contributed by atoms with Crippen molar-refractivity contribution in [1.29, 1.82) is 0 Å². The van der Waals surface area contributed by atoms with Crippen molar-refractivity contribution >= 4 is 7.82 Å². The Bertz CT molecular complexity index is 534. The van der Waals surface area contributed by atoms with Crippen LogP contribution in [0.25, 0.3) is 0 Å². The highest BCUT2D eigenvalue weighted by Crippen LogP contribution is 2.44. The molecule has 0 rings (SSSR count). The van der Waals surface area contributed by atoms with Gasteiger partial charge in [-0.2, -0.15) is 0 Å². The average molecular weight is 590 g/mol. The predicted molar refractivity (Wildman–Crippen MR) is 177 cm³/mol. The van der Waals surface area contributed by atoms with Gasteiger partial charge in [0.2, 0.25) is 0 Å². The molecule has 0 spiro atoms. The Balaban J connectivity index is 0. The van der Waals surface area contributed by atoms with Crippen LogP contribution < -0.4 is 5.73 Å². The summed E-state index contributed by atoms with van der Waals surface area (Å²) in [4.78, 5) is 9.77. The summed E-state index contributed by atoms with van der Waals surface area (Å²) in [6.45, 7) is 12.2. The van der Waals surface area contributed by atoms with Gasteiger partial charge < -0.3 is 10.6 Å². The normalized spacial score (nSPS) is 14.6. The topological polar surface area (TPSA) is 81.8 Å². The Labute approximate surface area is 251 Å². The van der Waals surface area contributed by atoms with Crippen LogP contribution in [0.5, 0.6) is 0 Å². The van der Waals surface area contributed by atoms with Crippen molar-refractivity contribution < 1.29 is 18.5 Å². The summed E-state index contributed by atoms with van der Waals surface area (Å²) in [6, 6.07) is 0. The van der Waals surface area contributed by atoms with Gasteiger partial charge in [-0.15, -0.1) is 0 Å². The lowest BCUT2D eigenvalue weighted by molar-refractivity contribution is 0.110. The number of phosphoric ester groups is 1. The highest BCUT2D eigenvalue weighted by atomic mass is 31.2. The molecule has 40 heavy (non-hydrogen) atoms. The van der Waals surface area contributed by atoms with Crippen molar-refractivity contribution in [1.82, 2.24) is 0 Å². The van der Waals surface area contributed by atoms with Gasteiger partial charge in [0.05, 0.1) is 13.2 Å². The molecule has 0 aliphatic rings. The maximum absolute atomic E-state index is 11.9. The predicted octanol–water partition coefficient (Wildman–Crippen LogP) is 11.5. The zero-order valence-corrected chi connectivity index (χ0v) is 28.6. The van der Waals surface area contributed by atoms with Crippen molar-refractivity contribution in [2.75, 3.05) is 19.8 Å². The van der Waals surface area contributed by atoms with Crippen LogP contribution >= 0.6 is 7.82 Å². The molecule has 0 aliphatic carbocycles.